The van der Waals surface area contributed by atoms with E-state index in [0.717, 1.165) is 22.7 Å². The maximum absolute atomic E-state index is 6.25. The highest BCUT2D eigenvalue weighted by molar-refractivity contribution is 9.10. The van der Waals surface area contributed by atoms with Crippen molar-refractivity contribution in [2.24, 2.45) is 0 Å². The van der Waals surface area contributed by atoms with Crippen molar-refractivity contribution in [2.45, 2.75) is 31.3 Å². The van der Waals surface area contributed by atoms with E-state index in [-0.39, 0.29) is 0 Å². The smallest absolute Gasteiger partial charge is 0.0835 e. The molecule has 1 saturated carbocycles. The molecule has 1 aromatic rings. The molecule has 5 heteroatoms. The first kappa shape index (κ1) is 13.0. The third-order valence-electron chi connectivity index (χ3n) is 3.68. The minimum Gasteiger partial charge on any atom is -0.380 e. The lowest BCUT2D eigenvalue weighted by Crippen LogP contribution is -2.27. The van der Waals surface area contributed by atoms with Gasteiger partial charge in [-0.05, 0) is 47.3 Å². The molecule has 1 unspecified atom stereocenters. The second-order valence-electron chi connectivity index (χ2n) is 5.08. The monoisotopic (exact) mass is 348 g/mol. The number of hydrogen-bond donors (Lipinski definition) is 1. The molecule has 1 saturated heterocycles. The van der Waals surface area contributed by atoms with Crippen LogP contribution in [0.15, 0.2) is 16.6 Å². The molecule has 1 aliphatic heterocycles. The van der Waals surface area contributed by atoms with Gasteiger partial charge < -0.3 is 5.32 Å². The number of likely N-dealkylation sites (tertiary alicyclic amines) is 1. The highest BCUT2D eigenvalue weighted by Gasteiger charge is 2.34. The number of rotatable bonds is 3. The summed E-state index contributed by atoms with van der Waals surface area (Å²) in [6, 6.07) is 5.25. The van der Waals surface area contributed by atoms with Gasteiger partial charge in [-0.25, -0.2) is 0 Å². The fraction of sp³-hybridized carbons (Fsp3) is 0.538. The fourth-order valence-corrected chi connectivity index (χ4v) is 3.36. The van der Waals surface area contributed by atoms with E-state index in [0.29, 0.717) is 16.1 Å². The first-order chi connectivity index (χ1) is 8.65. The van der Waals surface area contributed by atoms with E-state index < -0.39 is 0 Å². The predicted octanol–water partition coefficient (Wildman–Crippen LogP) is 4.40. The maximum atomic E-state index is 6.25. The van der Waals surface area contributed by atoms with Crippen LogP contribution in [0.3, 0.4) is 0 Å². The summed E-state index contributed by atoms with van der Waals surface area (Å²) >= 11 is 15.8. The Morgan fingerprint density at radius 1 is 1.17 bits per heavy atom. The molecule has 2 aliphatic rings. The summed E-state index contributed by atoms with van der Waals surface area (Å²) in [4.78, 5) is 2.58. The Balaban J connectivity index is 1.68. The van der Waals surface area contributed by atoms with Crippen LogP contribution in [-0.2, 0) is 0 Å². The van der Waals surface area contributed by atoms with Gasteiger partial charge in [0.15, 0.2) is 0 Å². The Bertz CT molecular complexity index is 463. The number of hydrogen-bond acceptors (Lipinski definition) is 2. The topological polar surface area (TPSA) is 15.3 Å². The standard InChI is InChI=1S/C13H15BrCl2N2/c14-10-3-4-11(13(16)12(10)15)17-8-5-6-18(7-8)9-1-2-9/h3-4,8-9,17H,1-2,5-7H2. The van der Waals surface area contributed by atoms with E-state index in [1.54, 1.807) is 0 Å². The van der Waals surface area contributed by atoms with E-state index in [9.17, 15) is 0 Å². The summed E-state index contributed by atoms with van der Waals surface area (Å²) in [5.74, 6) is 0. The summed E-state index contributed by atoms with van der Waals surface area (Å²) in [6.45, 7) is 2.32. The lowest BCUT2D eigenvalue weighted by atomic mass is 10.2. The third kappa shape index (κ3) is 2.64. The van der Waals surface area contributed by atoms with Crippen molar-refractivity contribution < 1.29 is 0 Å². The number of nitrogens with zero attached hydrogens (tertiary/aromatic N) is 1. The van der Waals surface area contributed by atoms with Gasteiger partial charge >= 0.3 is 0 Å². The second-order valence-corrected chi connectivity index (χ2v) is 6.69. The molecule has 3 rings (SSSR count). The summed E-state index contributed by atoms with van der Waals surface area (Å²) in [5.41, 5.74) is 0.938. The number of nitrogens with one attached hydrogen (secondary N) is 1. The van der Waals surface area contributed by atoms with Crippen LogP contribution in [0, 0.1) is 0 Å². The summed E-state index contributed by atoms with van der Waals surface area (Å²) in [7, 11) is 0. The van der Waals surface area contributed by atoms with E-state index in [4.69, 9.17) is 23.2 Å². The zero-order chi connectivity index (χ0) is 12.7. The van der Waals surface area contributed by atoms with Gasteiger partial charge in [0.25, 0.3) is 0 Å². The molecule has 0 radical (unpaired) electrons. The van der Waals surface area contributed by atoms with Crippen LogP contribution < -0.4 is 5.32 Å². The molecular weight excluding hydrogens is 335 g/mol. The zero-order valence-electron chi connectivity index (χ0n) is 9.93. The van der Waals surface area contributed by atoms with Crippen molar-refractivity contribution in [3.05, 3.63) is 26.7 Å². The molecule has 0 spiro atoms. The Labute approximate surface area is 126 Å². The van der Waals surface area contributed by atoms with Gasteiger partial charge in [0.2, 0.25) is 0 Å². The lowest BCUT2D eigenvalue weighted by molar-refractivity contribution is 0.326. The predicted molar refractivity (Wildman–Crippen MR) is 80.8 cm³/mol. The van der Waals surface area contributed by atoms with Crippen LogP contribution in [0.5, 0.6) is 0 Å². The van der Waals surface area contributed by atoms with Crippen molar-refractivity contribution >= 4 is 44.8 Å². The molecular formula is C13H15BrCl2N2. The Morgan fingerprint density at radius 2 is 1.94 bits per heavy atom. The quantitative estimate of drug-likeness (QED) is 0.813. The van der Waals surface area contributed by atoms with Crippen LogP contribution in [0.4, 0.5) is 5.69 Å². The van der Waals surface area contributed by atoms with E-state index >= 15 is 0 Å². The number of benzene rings is 1. The van der Waals surface area contributed by atoms with E-state index in [2.05, 4.69) is 26.1 Å². The Morgan fingerprint density at radius 3 is 2.67 bits per heavy atom. The second kappa shape index (κ2) is 5.20. The molecule has 18 heavy (non-hydrogen) atoms. The van der Waals surface area contributed by atoms with Crippen LogP contribution >= 0.6 is 39.1 Å². The summed E-state index contributed by atoms with van der Waals surface area (Å²) in [5, 5.41) is 4.70. The van der Waals surface area contributed by atoms with Crippen molar-refractivity contribution in [1.29, 1.82) is 0 Å². The van der Waals surface area contributed by atoms with Crippen LogP contribution in [0.2, 0.25) is 10.0 Å². The average Bonchev–Trinajstić information content (AvgIpc) is 3.11. The summed E-state index contributed by atoms with van der Waals surface area (Å²) < 4.78 is 0.839. The van der Waals surface area contributed by atoms with E-state index in [1.165, 1.54) is 25.8 Å². The zero-order valence-corrected chi connectivity index (χ0v) is 13.0. The average molecular weight is 350 g/mol. The van der Waals surface area contributed by atoms with Gasteiger partial charge in [-0.1, -0.05) is 23.2 Å². The fourth-order valence-electron chi connectivity index (χ4n) is 2.53. The van der Waals surface area contributed by atoms with Gasteiger partial charge in [0, 0.05) is 29.6 Å². The molecule has 1 aliphatic carbocycles. The molecule has 0 amide bonds. The van der Waals surface area contributed by atoms with Gasteiger partial charge in [-0.2, -0.15) is 0 Å². The van der Waals surface area contributed by atoms with Gasteiger partial charge in [-0.15, -0.1) is 0 Å². The minimum absolute atomic E-state index is 0.486. The number of anilines is 1. The van der Waals surface area contributed by atoms with Crippen LogP contribution in [0.25, 0.3) is 0 Å². The molecule has 1 heterocycles. The van der Waals surface area contributed by atoms with Crippen molar-refractivity contribution in [3.8, 4) is 0 Å². The minimum atomic E-state index is 0.486. The van der Waals surface area contributed by atoms with Gasteiger partial charge in [0.05, 0.1) is 15.7 Å². The van der Waals surface area contributed by atoms with Crippen molar-refractivity contribution in [1.82, 2.24) is 4.90 Å². The normalized spacial score (nSPS) is 24.5. The Hall–Kier alpha value is 0.0400. The molecule has 2 fully saturated rings. The molecule has 0 aromatic heterocycles. The maximum Gasteiger partial charge on any atom is 0.0835 e. The molecule has 2 nitrogen and oxygen atoms in total. The molecule has 0 bridgehead atoms. The van der Waals surface area contributed by atoms with Crippen molar-refractivity contribution in [3.63, 3.8) is 0 Å². The SMILES string of the molecule is Clc1c(Br)ccc(NC2CCN(C3CC3)C2)c1Cl. The molecule has 1 N–H and O–H groups in total. The first-order valence-corrected chi connectivity index (χ1v) is 7.84. The first-order valence-electron chi connectivity index (χ1n) is 6.29. The van der Waals surface area contributed by atoms with Crippen LogP contribution in [-0.4, -0.2) is 30.1 Å². The largest absolute Gasteiger partial charge is 0.380 e. The third-order valence-corrected chi connectivity index (χ3v) is 5.45. The molecule has 98 valence electrons. The van der Waals surface area contributed by atoms with Gasteiger partial charge in [-0.3, -0.25) is 4.90 Å². The van der Waals surface area contributed by atoms with E-state index in [1.807, 2.05) is 12.1 Å². The highest BCUT2D eigenvalue weighted by Crippen LogP contribution is 2.37. The van der Waals surface area contributed by atoms with Crippen molar-refractivity contribution in [2.75, 3.05) is 18.4 Å². The number of halogens is 3. The lowest BCUT2D eigenvalue weighted by Gasteiger charge is -2.18. The highest BCUT2D eigenvalue weighted by atomic mass is 79.9. The Kier molecular flexibility index (Phi) is 3.77. The molecule has 1 aromatic carbocycles. The summed E-state index contributed by atoms with van der Waals surface area (Å²) in [6.07, 6.45) is 3.93. The molecule has 1 atom stereocenters. The van der Waals surface area contributed by atoms with Gasteiger partial charge in [0.1, 0.15) is 0 Å². The van der Waals surface area contributed by atoms with Crippen LogP contribution in [0.1, 0.15) is 19.3 Å².